The molecular weight excluding hydrogens is 254 g/mol. The first-order valence-corrected chi connectivity index (χ1v) is 8.44. The lowest BCUT2D eigenvalue weighted by Gasteiger charge is -2.40. The van der Waals surface area contributed by atoms with Gasteiger partial charge in [-0.25, -0.2) is 4.98 Å². The Morgan fingerprint density at radius 1 is 1.26 bits per heavy atom. The molecule has 2 rings (SSSR count). The summed E-state index contributed by atoms with van der Waals surface area (Å²) in [6.45, 7) is 11.3. The third-order valence-electron chi connectivity index (χ3n) is 4.68. The molecule has 1 fully saturated rings. The lowest BCUT2D eigenvalue weighted by molar-refractivity contribution is 0.0915. The number of likely N-dealkylation sites (tertiary alicyclic amines) is 1. The van der Waals surface area contributed by atoms with E-state index >= 15 is 0 Å². The lowest BCUT2D eigenvalue weighted by atomic mass is 9.74. The standard InChI is InChI=1S/C15H27N3S/c1-4-15(5-2)7-9-18(10-8-15)12-13-11-17-14(19-13)16-6-3/h11H,4-10,12H2,1-3H3,(H,16,17). The van der Waals surface area contributed by atoms with Gasteiger partial charge in [0.05, 0.1) is 0 Å². The summed E-state index contributed by atoms with van der Waals surface area (Å²) in [5.41, 5.74) is 0.624. The molecule has 0 aromatic carbocycles. The van der Waals surface area contributed by atoms with Crippen molar-refractivity contribution in [3.05, 3.63) is 11.1 Å². The van der Waals surface area contributed by atoms with Crippen LogP contribution in [0.2, 0.25) is 0 Å². The van der Waals surface area contributed by atoms with Gasteiger partial charge in [0.25, 0.3) is 0 Å². The van der Waals surface area contributed by atoms with Crippen LogP contribution in [-0.2, 0) is 6.54 Å². The topological polar surface area (TPSA) is 28.2 Å². The van der Waals surface area contributed by atoms with Crippen LogP contribution < -0.4 is 5.32 Å². The zero-order valence-electron chi connectivity index (χ0n) is 12.5. The molecule has 1 aromatic rings. The average molecular weight is 281 g/mol. The van der Waals surface area contributed by atoms with Crippen molar-refractivity contribution in [1.82, 2.24) is 9.88 Å². The van der Waals surface area contributed by atoms with Crippen molar-refractivity contribution in [2.45, 2.75) is 53.0 Å². The largest absolute Gasteiger partial charge is 0.362 e. The third-order valence-corrected chi connectivity index (χ3v) is 5.62. The van der Waals surface area contributed by atoms with Crippen LogP contribution in [0.3, 0.4) is 0 Å². The van der Waals surface area contributed by atoms with Gasteiger partial charge in [-0.15, -0.1) is 11.3 Å². The van der Waals surface area contributed by atoms with E-state index in [-0.39, 0.29) is 0 Å². The van der Waals surface area contributed by atoms with Gasteiger partial charge in [0.1, 0.15) is 0 Å². The number of nitrogens with zero attached hydrogens (tertiary/aromatic N) is 2. The molecule has 3 nitrogen and oxygen atoms in total. The summed E-state index contributed by atoms with van der Waals surface area (Å²) in [6.07, 6.45) is 7.42. The first-order valence-electron chi connectivity index (χ1n) is 7.62. The molecule has 0 bridgehead atoms. The summed E-state index contributed by atoms with van der Waals surface area (Å²) >= 11 is 1.80. The second kappa shape index (κ2) is 6.71. The molecule has 108 valence electrons. The van der Waals surface area contributed by atoms with Gasteiger partial charge >= 0.3 is 0 Å². The first kappa shape index (κ1) is 14.8. The fraction of sp³-hybridized carbons (Fsp3) is 0.800. The Balaban J connectivity index is 1.84. The number of anilines is 1. The minimum Gasteiger partial charge on any atom is -0.362 e. The van der Waals surface area contributed by atoms with Gasteiger partial charge < -0.3 is 5.32 Å². The Kier molecular flexibility index (Phi) is 5.22. The molecule has 0 unspecified atom stereocenters. The molecule has 0 saturated carbocycles. The molecule has 0 aliphatic carbocycles. The van der Waals surface area contributed by atoms with Crippen LogP contribution in [0, 0.1) is 5.41 Å². The van der Waals surface area contributed by atoms with E-state index in [1.54, 1.807) is 11.3 Å². The van der Waals surface area contributed by atoms with E-state index in [4.69, 9.17) is 0 Å². The van der Waals surface area contributed by atoms with E-state index in [1.807, 2.05) is 6.20 Å². The Morgan fingerprint density at radius 2 is 1.95 bits per heavy atom. The quantitative estimate of drug-likeness (QED) is 0.855. The fourth-order valence-corrected chi connectivity index (χ4v) is 3.90. The molecule has 1 aromatic heterocycles. The molecule has 19 heavy (non-hydrogen) atoms. The Labute approximate surface area is 121 Å². The Morgan fingerprint density at radius 3 is 2.53 bits per heavy atom. The average Bonchev–Trinajstić information content (AvgIpc) is 2.88. The van der Waals surface area contributed by atoms with Crippen LogP contribution >= 0.6 is 11.3 Å². The van der Waals surface area contributed by atoms with Crippen molar-refractivity contribution in [1.29, 1.82) is 0 Å². The van der Waals surface area contributed by atoms with E-state index in [0.29, 0.717) is 5.41 Å². The normalized spacial score (nSPS) is 19.5. The second-order valence-corrected chi connectivity index (χ2v) is 6.76. The summed E-state index contributed by atoms with van der Waals surface area (Å²) in [6, 6.07) is 0. The lowest BCUT2D eigenvalue weighted by Crippen LogP contribution is -2.39. The summed E-state index contributed by atoms with van der Waals surface area (Å²) in [7, 11) is 0. The first-order chi connectivity index (χ1) is 9.21. The number of rotatable bonds is 6. The summed E-state index contributed by atoms with van der Waals surface area (Å²) in [5.74, 6) is 0. The number of hydrogen-bond acceptors (Lipinski definition) is 4. The van der Waals surface area contributed by atoms with Crippen LogP contribution in [0.15, 0.2) is 6.20 Å². The highest BCUT2D eigenvalue weighted by Gasteiger charge is 2.31. The predicted octanol–water partition coefficient (Wildman–Crippen LogP) is 3.98. The molecule has 2 heterocycles. The van der Waals surface area contributed by atoms with Crippen molar-refractivity contribution < 1.29 is 0 Å². The van der Waals surface area contributed by atoms with Crippen molar-refractivity contribution in [2.24, 2.45) is 5.41 Å². The maximum absolute atomic E-state index is 4.41. The number of piperidine rings is 1. The number of aromatic nitrogens is 1. The van der Waals surface area contributed by atoms with Crippen molar-refractivity contribution in [2.75, 3.05) is 25.0 Å². The smallest absolute Gasteiger partial charge is 0.182 e. The molecule has 1 saturated heterocycles. The zero-order valence-corrected chi connectivity index (χ0v) is 13.4. The van der Waals surface area contributed by atoms with E-state index in [2.05, 4.69) is 36.0 Å². The van der Waals surface area contributed by atoms with Crippen molar-refractivity contribution >= 4 is 16.5 Å². The van der Waals surface area contributed by atoms with Crippen LogP contribution in [0.25, 0.3) is 0 Å². The monoisotopic (exact) mass is 281 g/mol. The van der Waals surface area contributed by atoms with Gasteiger partial charge in [0, 0.05) is 24.2 Å². The zero-order chi connectivity index (χ0) is 13.7. The highest BCUT2D eigenvalue weighted by molar-refractivity contribution is 7.15. The van der Waals surface area contributed by atoms with E-state index < -0.39 is 0 Å². The highest BCUT2D eigenvalue weighted by Crippen LogP contribution is 2.38. The van der Waals surface area contributed by atoms with E-state index in [1.165, 1.54) is 43.6 Å². The van der Waals surface area contributed by atoms with E-state index in [0.717, 1.165) is 18.2 Å². The van der Waals surface area contributed by atoms with Gasteiger partial charge in [0.2, 0.25) is 0 Å². The molecule has 1 aliphatic rings. The molecule has 0 amide bonds. The SMILES string of the molecule is CCNc1ncc(CN2CCC(CC)(CC)CC2)s1. The second-order valence-electron chi connectivity index (χ2n) is 5.65. The minimum atomic E-state index is 0.624. The molecular formula is C15H27N3S. The van der Waals surface area contributed by atoms with Crippen molar-refractivity contribution in [3.63, 3.8) is 0 Å². The Bertz CT molecular complexity index is 374. The van der Waals surface area contributed by atoms with Crippen LogP contribution in [0.5, 0.6) is 0 Å². The molecule has 0 atom stereocenters. The summed E-state index contributed by atoms with van der Waals surface area (Å²) < 4.78 is 0. The number of hydrogen-bond donors (Lipinski definition) is 1. The molecule has 0 radical (unpaired) electrons. The third kappa shape index (κ3) is 3.69. The Hall–Kier alpha value is -0.610. The highest BCUT2D eigenvalue weighted by atomic mass is 32.1. The van der Waals surface area contributed by atoms with Crippen LogP contribution in [0.1, 0.15) is 51.3 Å². The maximum Gasteiger partial charge on any atom is 0.182 e. The minimum absolute atomic E-state index is 0.624. The molecule has 0 spiro atoms. The number of nitrogens with one attached hydrogen (secondary N) is 1. The van der Waals surface area contributed by atoms with Gasteiger partial charge in [-0.1, -0.05) is 26.7 Å². The summed E-state index contributed by atoms with van der Waals surface area (Å²) in [5, 5.41) is 4.35. The predicted molar refractivity (Wildman–Crippen MR) is 83.8 cm³/mol. The van der Waals surface area contributed by atoms with Crippen LogP contribution in [0.4, 0.5) is 5.13 Å². The van der Waals surface area contributed by atoms with Gasteiger partial charge in [0.15, 0.2) is 5.13 Å². The molecule has 4 heteroatoms. The van der Waals surface area contributed by atoms with Gasteiger partial charge in [-0.2, -0.15) is 0 Å². The molecule has 1 aliphatic heterocycles. The number of thiazole rings is 1. The van der Waals surface area contributed by atoms with Crippen LogP contribution in [-0.4, -0.2) is 29.5 Å². The van der Waals surface area contributed by atoms with Gasteiger partial charge in [-0.3, -0.25) is 4.90 Å². The maximum atomic E-state index is 4.41. The molecule has 1 N–H and O–H groups in total. The fourth-order valence-electron chi connectivity index (χ4n) is 2.98. The van der Waals surface area contributed by atoms with E-state index in [9.17, 15) is 0 Å². The van der Waals surface area contributed by atoms with Gasteiger partial charge in [-0.05, 0) is 38.3 Å². The summed E-state index contributed by atoms with van der Waals surface area (Å²) in [4.78, 5) is 8.39. The van der Waals surface area contributed by atoms with Crippen molar-refractivity contribution in [3.8, 4) is 0 Å².